The largest absolute Gasteiger partial charge is 0.416 e. The van der Waals surface area contributed by atoms with Crippen LogP contribution in [0.5, 0.6) is 0 Å². The third-order valence-electron chi connectivity index (χ3n) is 3.60. The van der Waals surface area contributed by atoms with E-state index in [1.165, 1.54) is 6.08 Å². The predicted molar refractivity (Wildman–Crippen MR) is 104 cm³/mol. The highest BCUT2D eigenvalue weighted by Gasteiger charge is 2.37. The minimum Gasteiger partial charge on any atom is -0.282 e. The molecule has 1 heterocycles. The van der Waals surface area contributed by atoms with E-state index in [0.717, 1.165) is 29.6 Å². The number of hydrogen-bond acceptors (Lipinski definition) is 5. The number of benzene rings is 1. The number of aliphatic imine (C=N–C) groups is 2. The number of hydrogen-bond donors (Lipinski definition) is 2. The zero-order valence-electron chi connectivity index (χ0n) is 16.2. The molecule has 0 unspecified atom stereocenters. The van der Waals surface area contributed by atoms with E-state index >= 15 is 0 Å². The Bertz CT molecular complexity index is 1030. The third kappa shape index (κ3) is 6.78. The Morgan fingerprint density at radius 1 is 1.09 bits per heavy atom. The smallest absolute Gasteiger partial charge is 0.282 e. The Kier molecular flexibility index (Phi) is 7.51. The SMILES string of the molecule is C=N/C=N\C(=C/C)NNC(=O)/C=C\n1cnc(-c2cc(C(F)(F)F)cc(C(F)(F)F)c2)n1. The molecule has 1 aromatic heterocycles. The molecule has 0 radical (unpaired) electrons. The van der Waals surface area contributed by atoms with Crippen molar-refractivity contribution in [2.75, 3.05) is 0 Å². The first-order valence-electron chi connectivity index (χ1n) is 8.54. The van der Waals surface area contributed by atoms with Crippen molar-refractivity contribution in [1.29, 1.82) is 0 Å². The van der Waals surface area contributed by atoms with E-state index in [0.29, 0.717) is 12.1 Å². The number of carbonyl (C=O) groups excluding carboxylic acids is 1. The van der Waals surface area contributed by atoms with Crippen LogP contribution in [0.15, 0.2) is 52.5 Å². The van der Waals surface area contributed by atoms with Crippen molar-refractivity contribution in [3.8, 4) is 11.4 Å². The molecule has 14 heteroatoms. The summed E-state index contributed by atoms with van der Waals surface area (Å²) in [7, 11) is 0. The number of allylic oxidation sites excluding steroid dienone is 1. The van der Waals surface area contributed by atoms with E-state index in [1.807, 2.05) is 0 Å². The molecule has 0 saturated carbocycles. The zero-order valence-corrected chi connectivity index (χ0v) is 16.2. The molecule has 0 aliphatic heterocycles. The van der Waals surface area contributed by atoms with E-state index in [9.17, 15) is 31.1 Å². The maximum atomic E-state index is 13.0. The number of amides is 1. The van der Waals surface area contributed by atoms with Gasteiger partial charge in [-0.1, -0.05) is 0 Å². The second-order valence-electron chi connectivity index (χ2n) is 5.87. The van der Waals surface area contributed by atoms with E-state index < -0.39 is 40.8 Å². The summed E-state index contributed by atoms with van der Waals surface area (Å²) in [5.74, 6) is -0.805. The zero-order chi connectivity index (χ0) is 23.9. The molecule has 2 rings (SSSR count). The van der Waals surface area contributed by atoms with Gasteiger partial charge in [0.15, 0.2) is 5.82 Å². The molecule has 0 fully saturated rings. The van der Waals surface area contributed by atoms with E-state index in [2.05, 4.69) is 37.6 Å². The molecule has 2 aromatic rings. The molecular formula is C18H15F6N7O. The molecule has 32 heavy (non-hydrogen) atoms. The minimum atomic E-state index is -5.00. The van der Waals surface area contributed by atoms with Crippen molar-refractivity contribution < 1.29 is 31.1 Å². The van der Waals surface area contributed by atoms with Crippen LogP contribution in [0, 0.1) is 0 Å². The van der Waals surface area contributed by atoms with Crippen LogP contribution in [0.2, 0.25) is 0 Å². The molecule has 1 amide bonds. The van der Waals surface area contributed by atoms with Crippen LogP contribution in [0.3, 0.4) is 0 Å². The van der Waals surface area contributed by atoms with Crippen molar-refractivity contribution in [1.82, 2.24) is 25.6 Å². The first kappa shape index (κ1) is 24.3. The van der Waals surface area contributed by atoms with Crippen molar-refractivity contribution in [3.63, 3.8) is 0 Å². The summed E-state index contributed by atoms with van der Waals surface area (Å²) in [5.41, 5.74) is 1.27. The van der Waals surface area contributed by atoms with Crippen LogP contribution in [0.1, 0.15) is 18.1 Å². The fourth-order valence-corrected chi connectivity index (χ4v) is 2.16. The van der Waals surface area contributed by atoms with Crippen LogP contribution in [-0.2, 0) is 17.1 Å². The van der Waals surface area contributed by atoms with E-state index in [4.69, 9.17) is 0 Å². The number of aromatic nitrogens is 3. The fraction of sp³-hybridized carbons (Fsp3) is 0.167. The highest BCUT2D eigenvalue weighted by Crippen LogP contribution is 2.37. The summed E-state index contributed by atoms with van der Waals surface area (Å²) in [5, 5.41) is 3.78. The molecule has 0 spiro atoms. The first-order valence-corrected chi connectivity index (χ1v) is 8.54. The number of hydrazine groups is 1. The predicted octanol–water partition coefficient (Wildman–Crippen LogP) is 3.66. The molecule has 1 aromatic carbocycles. The number of halogens is 6. The molecule has 0 atom stereocenters. The van der Waals surface area contributed by atoms with Crippen LogP contribution >= 0.6 is 0 Å². The summed E-state index contributed by atoms with van der Waals surface area (Å²) in [4.78, 5) is 22.7. The summed E-state index contributed by atoms with van der Waals surface area (Å²) in [6.45, 7) is 4.84. The summed E-state index contributed by atoms with van der Waals surface area (Å²) in [6, 6.07) is 1.02. The van der Waals surface area contributed by atoms with Crippen LogP contribution in [0.4, 0.5) is 26.3 Å². The molecule has 0 bridgehead atoms. The third-order valence-corrected chi connectivity index (χ3v) is 3.60. The first-order chi connectivity index (χ1) is 14.9. The average Bonchev–Trinajstić information content (AvgIpc) is 3.20. The van der Waals surface area contributed by atoms with Gasteiger partial charge in [-0.25, -0.2) is 14.7 Å². The van der Waals surface area contributed by atoms with Gasteiger partial charge in [0, 0.05) is 17.8 Å². The Labute approximate surface area is 177 Å². The van der Waals surface area contributed by atoms with Gasteiger partial charge in [-0.2, -0.15) is 26.3 Å². The number of nitrogens with one attached hydrogen (secondary N) is 2. The van der Waals surface area contributed by atoms with Crippen molar-refractivity contribution in [2.24, 2.45) is 9.98 Å². The van der Waals surface area contributed by atoms with Crippen LogP contribution < -0.4 is 10.9 Å². The highest BCUT2D eigenvalue weighted by atomic mass is 19.4. The second-order valence-corrected chi connectivity index (χ2v) is 5.87. The number of nitrogens with zero attached hydrogens (tertiary/aromatic N) is 5. The molecule has 0 saturated heterocycles. The quantitative estimate of drug-likeness (QED) is 0.217. The average molecular weight is 459 g/mol. The molecule has 2 N–H and O–H groups in total. The Hall–Kier alpha value is -3.97. The number of rotatable bonds is 7. The standard InChI is InChI=1S/C18H15F6N7O/c1-3-14(26-9-25-2)28-29-15(32)4-5-31-10-27-16(30-31)11-6-12(17(19,20)21)8-13(7-11)18(22,23)24/h3-10,28H,2H2,1H3,(H,29,32)/b5-4-,14-3+,26-9-. The van der Waals surface area contributed by atoms with Crippen LogP contribution in [0.25, 0.3) is 17.6 Å². The Morgan fingerprint density at radius 2 is 1.72 bits per heavy atom. The second kappa shape index (κ2) is 9.89. The van der Waals surface area contributed by atoms with E-state index in [-0.39, 0.29) is 11.9 Å². The lowest BCUT2D eigenvalue weighted by molar-refractivity contribution is -0.143. The number of carbonyl (C=O) groups is 1. The summed E-state index contributed by atoms with van der Waals surface area (Å²) < 4.78 is 78.9. The molecule has 0 aliphatic carbocycles. The van der Waals surface area contributed by atoms with Gasteiger partial charge in [0.25, 0.3) is 5.91 Å². The summed E-state index contributed by atoms with van der Waals surface area (Å²) in [6.07, 6.45) is -4.24. The lowest BCUT2D eigenvalue weighted by Gasteiger charge is -2.13. The van der Waals surface area contributed by atoms with Gasteiger partial charge in [0.2, 0.25) is 0 Å². The van der Waals surface area contributed by atoms with Crippen molar-refractivity contribution >= 4 is 25.2 Å². The van der Waals surface area contributed by atoms with Crippen molar-refractivity contribution in [3.05, 3.63) is 53.6 Å². The van der Waals surface area contributed by atoms with Gasteiger partial charge in [-0.15, -0.1) is 5.10 Å². The normalized spacial score (nSPS) is 13.0. The topological polar surface area (TPSA) is 96.6 Å². The fourth-order valence-electron chi connectivity index (χ4n) is 2.16. The highest BCUT2D eigenvalue weighted by molar-refractivity contribution is 5.89. The van der Waals surface area contributed by atoms with Crippen molar-refractivity contribution in [2.45, 2.75) is 19.3 Å². The minimum absolute atomic E-state index is 0.00585. The van der Waals surface area contributed by atoms with Gasteiger partial charge >= 0.3 is 12.4 Å². The Morgan fingerprint density at radius 3 is 2.25 bits per heavy atom. The number of alkyl halides is 6. The van der Waals surface area contributed by atoms with Crippen LogP contribution in [-0.4, -0.2) is 33.7 Å². The molecule has 0 aliphatic rings. The lowest BCUT2D eigenvalue weighted by atomic mass is 10.0. The van der Waals surface area contributed by atoms with Gasteiger partial charge in [0.1, 0.15) is 18.5 Å². The summed E-state index contributed by atoms with van der Waals surface area (Å²) >= 11 is 0. The van der Waals surface area contributed by atoms with E-state index in [1.54, 1.807) is 6.92 Å². The lowest BCUT2D eigenvalue weighted by Crippen LogP contribution is -2.35. The van der Waals surface area contributed by atoms with Gasteiger partial charge in [-0.05, 0) is 37.9 Å². The Balaban J connectivity index is 2.19. The van der Waals surface area contributed by atoms with Gasteiger partial charge < -0.3 is 0 Å². The van der Waals surface area contributed by atoms with Gasteiger partial charge in [0.05, 0.1) is 11.1 Å². The molecule has 170 valence electrons. The van der Waals surface area contributed by atoms with Gasteiger partial charge in [-0.3, -0.25) is 20.6 Å². The maximum absolute atomic E-state index is 13.0. The molecular weight excluding hydrogens is 444 g/mol. The maximum Gasteiger partial charge on any atom is 0.416 e. The monoisotopic (exact) mass is 459 g/mol. The molecule has 8 nitrogen and oxygen atoms in total.